The van der Waals surface area contributed by atoms with E-state index in [0.29, 0.717) is 11.3 Å². The minimum Gasteiger partial charge on any atom is -0.356 e. The number of rotatable bonds is 3. The van der Waals surface area contributed by atoms with Gasteiger partial charge in [-0.25, -0.2) is 0 Å². The van der Waals surface area contributed by atoms with Crippen LogP contribution in [0.4, 0.5) is 0 Å². The number of halogens is 1. The van der Waals surface area contributed by atoms with Crippen molar-refractivity contribution in [2.24, 2.45) is 10.4 Å². The second kappa shape index (κ2) is 7.86. The van der Waals surface area contributed by atoms with Gasteiger partial charge in [0.15, 0.2) is 5.96 Å². The lowest BCUT2D eigenvalue weighted by molar-refractivity contribution is 0.151. The Morgan fingerprint density at radius 2 is 2.13 bits per heavy atom. The van der Waals surface area contributed by atoms with E-state index in [-0.39, 0.29) is 24.0 Å². The molecular weight excluding hydrogens is 397 g/mol. The number of aliphatic imine (C=N–C) groups is 1. The summed E-state index contributed by atoms with van der Waals surface area (Å²) in [5.74, 6) is 1.58. The molecule has 2 fully saturated rings. The predicted octanol–water partition coefficient (Wildman–Crippen LogP) is 4.17. The molecule has 23 heavy (non-hydrogen) atoms. The Morgan fingerprint density at radius 3 is 2.70 bits per heavy atom. The maximum Gasteiger partial charge on any atom is 0.193 e. The fourth-order valence-electron chi connectivity index (χ4n) is 3.87. The predicted molar refractivity (Wildman–Crippen MR) is 109 cm³/mol. The largest absolute Gasteiger partial charge is 0.356 e. The smallest absolute Gasteiger partial charge is 0.193 e. The molecule has 0 amide bonds. The molecule has 4 heteroatoms. The molecule has 3 rings (SSSR count). The van der Waals surface area contributed by atoms with Crippen LogP contribution in [0.3, 0.4) is 0 Å². The van der Waals surface area contributed by atoms with Crippen molar-refractivity contribution < 1.29 is 0 Å². The van der Waals surface area contributed by atoms with Crippen molar-refractivity contribution in [2.75, 3.05) is 26.7 Å². The molecule has 1 aliphatic carbocycles. The summed E-state index contributed by atoms with van der Waals surface area (Å²) in [6.07, 6.45) is 5.60. The topological polar surface area (TPSA) is 27.6 Å². The van der Waals surface area contributed by atoms with Crippen molar-refractivity contribution in [3.05, 3.63) is 35.4 Å². The zero-order valence-electron chi connectivity index (χ0n) is 14.6. The average Bonchev–Trinajstić information content (AvgIpc) is 2.93. The minimum atomic E-state index is 0. The molecule has 2 aliphatic rings. The van der Waals surface area contributed by atoms with Gasteiger partial charge in [0, 0.05) is 26.7 Å². The molecule has 1 N–H and O–H groups in total. The number of nitrogens with zero attached hydrogens (tertiary/aromatic N) is 2. The van der Waals surface area contributed by atoms with Crippen LogP contribution in [-0.4, -0.2) is 37.5 Å². The number of aryl methyl sites for hydroxylation is 1. The van der Waals surface area contributed by atoms with Gasteiger partial charge >= 0.3 is 0 Å². The fourth-order valence-corrected chi connectivity index (χ4v) is 3.87. The van der Waals surface area contributed by atoms with Crippen LogP contribution in [0.15, 0.2) is 29.3 Å². The van der Waals surface area contributed by atoms with Crippen molar-refractivity contribution in [1.82, 2.24) is 10.2 Å². The van der Waals surface area contributed by atoms with E-state index < -0.39 is 0 Å². The Balaban J connectivity index is 0.00000192. The third-order valence-corrected chi connectivity index (χ3v) is 5.54. The van der Waals surface area contributed by atoms with E-state index >= 15 is 0 Å². The van der Waals surface area contributed by atoms with Gasteiger partial charge in [-0.1, -0.05) is 43.2 Å². The molecule has 1 saturated heterocycles. The highest BCUT2D eigenvalue weighted by atomic mass is 127. The van der Waals surface area contributed by atoms with Crippen molar-refractivity contribution >= 4 is 29.9 Å². The lowest BCUT2D eigenvalue weighted by Crippen LogP contribution is -2.43. The van der Waals surface area contributed by atoms with Gasteiger partial charge in [-0.15, -0.1) is 24.0 Å². The van der Waals surface area contributed by atoms with Gasteiger partial charge in [0.2, 0.25) is 0 Å². The van der Waals surface area contributed by atoms with Gasteiger partial charge in [0.25, 0.3) is 0 Å². The average molecular weight is 427 g/mol. The number of benzene rings is 1. The number of nitrogens with one attached hydrogen (secondary N) is 1. The van der Waals surface area contributed by atoms with Gasteiger partial charge in [-0.2, -0.15) is 0 Å². The van der Waals surface area contributed by atoms with E-state index in [4.69, 9.17) is 0 Å². The second-order valence-corrected chi connectivity index (χ2v) is 7.27. The fraction of sp³-hybridized carbons (Fsp3) is 0.632. The summed E-state index contributed by atoms with van der Waals surface area (Å²) in [6.45, 7) is 7.75. The standard InChI is InChI=1S/C19H29N3.HI/c1-15-6-4-7-17(12-15)16(2)13-21-18(20-3)22-11-10-19(14-22)8-5-9-19;/h4,6-7,12,16H,5,8-11,13-14H2,1-3H3,(H,20,21);1H. The quantitative estimate of drug-likeness (QED) is 0.446. The molecule has 1 aliphatic heterocycles. The maximum atomic E-state index is 4.51. The first-order chi connectivity index (χ1) is 10.6. The Hall–Kier alpha value is -0.780. The molecule has 1 atom stereocenters. The monoisotopic (exact) mass is 427 g/mol. The molecule has 1 heterocycles. The molecule has 1 unspecified atom stereocenters. The van der Waals surface area contributed by atoms with Gasteiger partial charge in [0.1, 0.15) is 0 Å². The number of hydrogen-bond donors (Lipinski definition) is 1. The number of hydrogen-bond acceptors (Lipinski definition) is 1. The third-order valence-electron chi connectivity index (χ3n) is 5.54. The van der Waals surface area contributed by atoms with Gasteiger partial charge in [-0.05, 0) is 43.1 Å². The number of likely N-dealkylation sites (tertiary alicyclic amines) is 1. The summed E-state index contributed by atoms with van der Waals surface area (Å²) in [6, 6.07) is 8.82. The van der Waals surface area contributed by atoms with Crippen LogP contribution >= 0.6 is 24.0 Å². The van der Waals surface area contributed by atoms with Crippen LogP contribution in [0.2, 0.25) is 0 Å². The first kappa shape index (κ1) is 18.6. The Morgan fingerprint density at radius 1 is 1.35 bits per heavy atom. The summed E-state index contributed by atoms with van der Waals surface area (Å²) in [7, 11) is 1.91. The molecule has 0 aromatic heterocycles. The van der Waals surface area contributed by atoms with Crippen LogP contribution < -0.4 is 5.32 Å². The van der Waals surface area contributed by atoms with Crippen LogP contribution in [-0.2, 0) is 0 Å². The highest BCUT2D eigenvalue weighted by Gasteiger charge is 2.43. The van der Waals surface area contributed by atoms with E-state index in [1.165, 1.54) is 49.9 Å². The molecule has 1 spiro atoms. The third kappa shape index (κ3) is 4.20. The van der Waals surface area contributed by atoms with Crippen LogP contribution in [0, 0.1) is 12.3 Å². The van der Waals surface area contributed by atoms with Crippen molar-refractivity contribution in [3.63, 3.8) is 0 Å². The zero-order valence-corrected chi connectivity index (χ0v) is 17.0. The normalized spacial score (nSPS) is 20.8. The second-order valence-electron chi connectivity index (χ2n) is 7.27. The number of guanidine groups is 1. The Kier molecular flexibility index (Phi) is 6.34. The minimum absolute atomic E-state index is 0. The molecule has 1 aromatic carbocycles. The van der Waals surface area contributed by atoms with E-state index in [1.807, 2.05) is 7.05 Å². The van der Waals surface area contributed by atoms with E-state index in [9.17, 15) is 0 Å². The van der Waals surface area contributed by atoms with Gasteiger partial charge in [-0.3, -0.25) is 4.99 Å². The first-order valence-corrected chi connectivity index (χ1v) is 8.64. The first-order valence-electron chi connectivity index (χ1n) is 8.64. The summed E-state index contributed by atoms with van der Waals surface area (Å²) in [4.78, 5) is 6.97. The molecular formula is C19H30IN3. The summed E-state index contributed by atoms with van der Waals surface area (Å²) in [5, 5.41) is 3.59. The SMILES string of the molecule is CN=C(NCC(C)c1cccc(C)c1)N1CCC2(CCC2)C1.I. The van der Waals surface area contributed by atoms with Gasteiger partial charge < -0.3 is 10.2 Å². The molecule has 128 valence electrons. The lowest BCUT2D eigenvalue weighted by atomic mass is 9.68. The lowest BCUT2D eigenvalue weighted by Gasteiger charge is -2.38. The highest BCUT2D eigenvalue weighted by Crippen LogP contribution is 2.47. The van der Waals surface area contributed by atoms with Crippen LogP contribution in [0.5, 0.6) is 0 Å². The summed E-state index contributed by atoms with van der Waals surface area (Å²) in [5.41, 5.74) is 3.36. The van der Waals surface area contributed by atoms with E-state index in [2.05, 4.69) is 53.3 Å². The maximum absolute atomic E-state index is 4.51. The van der Waals surface area contributed by atoms with Crippen LogP contribution in [0.1, 0.15) is 49.7 Å². The van der Waals surface area contributed by atoms with E-state index in [1.54, 1.807) is 0 Å². The van der Waals surface area contributed by atoms with Gasteiger partial charge in [0.05, 0.1) is 0 Å². The molecule has 1 saturated carbocycles. The van der Waals surface area contributed by atoms with E-state index in [0.717, 1.165) is 12.5 Å². The zero-order chi connectivity index (χ0) is 15.6. The summed E-state index contributed by atoms with van der Waals surface area (Å²) >= 11 is 0. The van der Waals surface area contributed by atoms with Crippen LogP contribution in [0.25, 0.3) is 0 Å². The molecule has 0 bridgehead atoms. The summed E-state index contributed by atoms with van der Waals surface area (Å²) < 4.78 is 0. The Labute approximate surface area is 158 Å². The van der Waals surface area contributed by atoms with Crippen molar-refractivity contribution in [2.45, 2.75) is 45.4 Å². The molecule has 0 radical (unpaired) electrons. The highest BCUT2D eigenvalue weighted by molar-refractivity contribution is 14.0. The Bertz CT molecular complexity index is 551. The molecule has 3 nitrogen and oxygen atoms in total. The van der Waals surface area contributed by atoms with Crippen molar-refractivity contribution in [1.29, 1.82) is 0 Å². The van der Waals surface area contributed by atoms with Crippen molar-refractivity contribution in [3.8, 4) is 0 Å². The molecule has 1 aromatic rings.